The van der Waals surface area contributed by atoms with E-state index in [4.69, 9.17) is 9.94 Å². The van der Waals surface area contributed by atoms with E-state index >= 15 is 0 Å². The number of aliphatic hydroxyl groups excluding tert-OH is 1. The zero-order valence-electron chi connectivity index (χ0n) is 8.47. The summed E-state index contributed by atoms with van der Waals surface area (Å²) in [6.07, 6.45) is -0.311. The van der Waals surface area contributed by atoms with Crippen LogP contribution in [-0.4, -0.2) is 34.9 Å². The molecule has 1 rings (SSSR count). The number of esters is 1. The summed E-state index contributed by atoms with van der Waals surface area (Å²) in [7, 11) is 0. The second-order valence-corrected chi connectivity index (χ2v) is 3.57. The van der Waals surface area contributed by atoms with Crippen LogP contribution in [0.5, 0.6) is 0 Å². The third-order valence-electron chi connectivity index (χ3n) is 2.57. The summed E-state index contributed by atoms with van der Waals surface area (Å²) in [4.78, 5) is 22.6. The highest BCUT2D eigenvalue weighted by molar-refractivity contribution is 5.85. The van der Waals surface area contributed by atoms with Crippen LogP contribution in [0.3, 0.4) is 0 Å². The molecule has 0 aromatic carbocycles. The van der Waals surface area contributed by atoms with Gasteiger partial charge in [-0.1, -0.05) is 0 Å². The quantitative estimate of drug-likeness (QED) is 0.334. The molecule has 3 atom stereocenters. The number of nitrogens with one attached hydrogen (secondary N) is 1. The van der Waals surface area contributed by atoms with Gasteiger partial charge in [-0.3, -0.25) is 14.8 Å². The van der Waals surface area contributed by atoms with E-state index in [1.54, 1.807) is 6.92 Å². The Bertz CT molecular complexity index is 255. The van der Waals surface area contributed by atoms with Gasteiger partial charge >= 0.3 is 5.97 Å². The Labute approximate surface area is 87.2 Å². The lowest BCUT2D eigenvalue weighted by Crippen LogP contribution is -2.34. The lowest BCUT2D eigenvalue weighted by atomic mass is 9.96. The molecule has 6 heteroatoms. The smallest absolute Gasteiger partial charge is 0.309 e. The summed E-state index contributed by atoms with van der Waals surface area (Å²) in [6.45, 7) is 1.91. The number of hydrogen-bond acceptors (Lipinski definition) is 5. The van der Waals surface area contributed by atoms with Gasteiger partial charge in [0.05, 0.1) is 24.5 Å². The van der Waals surface area contributed by atoms with Crippen molar-refractivity contribution in [2.75, 3.05) is 6.61 Å². The molecule has 0 aromatic heterocycles. The van der Waals surface area contributed by atoms with E-state index in [1.165, 1.54) is 5.48 Å². The largest absolute Gasteiger partial charge is 0.466 e. The van der Waals surface area contributed by atoms with Gasteiger partial charge in [-0.15, -0.1) is 0 Å². The van der Waals surface area contributed by atoms with Crippen molar-refractivity contribution in [2.24, 2.45) is 11.8 Å². The van der Waals surface area contributed by atoms with Crippen molar-refractivity contribution in [3.63, 3.8) is 0 Å². The van der Waals surface area contributed by atoms with Crippen molar-refractivity contribution in [3.05, 3.63) is 0 Å². The Hall–Kier alpha value is -1.14. The first kappa shape index (κ1) is 11.9. The van der Waals surface area contributed by atoms with Gasteiger partial charge in [-0.2, -0.15) is 0 Å². The molecule has 0 aliphatic heterocycles. The maximum atomic E-state index is 11.4. The lowest BCUT2D eigenvalue weighted by Gasteiger charge is -2.15. The van der Waals surface area contributed by atoms with Crippen molar-refractivity contribution >= 4 is 11.9 Å². The Morgan fingerprint density at radius 3 is 2.53 bits per heavy atom. The molecule has 86 valence electrons. The number of amides is 1. The fraction of sp³-hybridized carbons (Fsp3) is 0.778. The zero-order chi connectivity index (χ0) is 11.4. The van der Waals surface area contributed by atoms with Crippen LogP contribution in [0.25, 0.3) is 0 Å². The Morgan fingerprint density at radius 2 is 2.00 bits per heavy atom. The van der Waals surface area contributed by atoms with Crippen molar-refractivity contribution in [1.29, 1.82) is 0 Å². The molecule has 15 heavy (non-hydrogen) atoms. The van der Waals surface area contributed by atoms with Gasteiger partial charge in [0.1, 0.15) is 0 Å². The first-order chi connectivity index (χ1) is 7.10. The summed E-state index contributed by atoms with van der Waals surface area (Å²) in [5.41, 5.74) is 1.50. The van der Waals surface area contributed by atoms with Gasteiger partial charge in [0, 0.05) is 0 Å². The topological polar surface area (TPSA) is 95.9 Å². The molecule has 1 saturated carbocycles. The predicted molar refractivity (Wildman–Crippen MR) is 48.8 cm³/mol. The van der Waals surface area contributed by atoms with E-state index < -0.39 is 29.8 Å². The van der Waals surface area contributed by atoms with Gasteiger partial charge in [-0.05, 0) is 19.8 Å². The maximum absolute atomic E-state index is 11.4. The van der Waals surface area contributed by atoms with Crippen molar-refractivity contribution < 1.29 is 24.6 Å². The molecule has 3 N–H and O–H groups in total. The molecule has 0 spiro atoms. The second kappa shape index (κ2) is 5.09. The van der Waals surface area contributed by atoms with Crippen LogP contribution < -0.4 is 5.48 Å². The van der Waals surface area contributed by atoms with Gasteiger partial charge < -0.3 is 9.84 Å². The highest BCUT2D eigenvalue weighted by Gasteiger charge is 2.42. The number of rotatable bonds is 3. The van der Waals surface area contributed by atoms with Crippen molar-refractivity contribution in [3.8, 4) is 0 Å². The zero-order valence-corrected chi connectivity index (χ0v) is 8.47. The Kier molecular flexibility index (Phi) is 4.05. The Morgan fingerprint density at radius 1 is 1.40 bits per heavy atom. The van der Waals surface area contributed by atoms with Gasteiger partial charge in [0.25, 0.3) is 0 Å². The van der Waals surface area contributed by atoms with Crippen LogP contribution in [0, 0.1) is 11.8 Å². The summed E-state index contributed by atoms with van der Waals surface area (Å²) in [6, 6.07) is 0. The predicted octanol–water partition coefficient (Wildman–Crippen LogP) is -0.558. The van der Waals surface area contributed by atoms with E-state index in [1.807, 2.05) is 0 Å². The average Bonchev–Trinajstić information content (AvgIpc) is 2.59. The maximum Gasteiger partial charge on any atom is 0.309 e. The number of aliphatic hydroxyl groups is 1. The number of hydrogen-bond donors (Lipinski definition) is 3. The molecule has 0 heterocycles. The molecule has 0 aromatic rings. The number of carbonyl (C=O) groups excluding carboxylic acids is 2. The van der Waals surface area contributed by atoms with E-state index in [-0.39, 0.29) is 19.4 Å². The molecule has 0 unspecified atom stereocenters. The normalized spacial score (nSPS) is 29.9. The average molecular weight is 217 g/mol. The van der Waals surface area contributed by atoms with Gasteiger partial charge in [-0.25, -0.2) is 5.48 Å². The van der Waals surface area contributed by atoms with E-state index in [2.05, 4.69) is 0 Å². The summed E-state index contributed by atoms with van der Waals surface area (Å²) >= 11 is 0. The number of carbonyl (C=O) groups is 2. The lowest BCUT2D eigenvalue weighted by molar-refractivity contribution is -0.153. The van der Waals surface area contributed by atoms with E-state index in [0.29, 0.717) is 0 Å². The van der Waals surface area contributed by atoms with Crippen LogP contribution in [0.15, 0.2) is 0 Å². The molecule has 1 aliphatic carbocycles. The standard InChI is InChI=1S/C9H15NO5/c1-2-15-9(13)7-4-5(11)3-6(7)8(12)10-14/h5-7,11,14H,2-4H2,1H3,(H,10,12)/t5-,6+,7+/m1/s1. The van der Waals surface area contributed by atoms with Crippen LogP contribution >= 0.6 is 0 Å². The minimum absolute atomic E-state index is 0.176. The van der Waals surface area contributed by atoms with Crippen LogP contribution in [0.4, 0.5) is 0 Å². The summed E-state index contributed by atoms with van der Waals surface area (Å²) in [5.74, 6) is -2.51. The molecule has 1 fully saturated rings. The minimum Gasteiger partial charge on any atom is -0.466 e. The minimum atomic E-state index is -0.705. The molecule has 1 aliphatic rings. The third-order valence-corrected chi connectivity index (χ3v) is 2.57. The van der Waals surface area contributed by atoms with Crippen LogP contribution in [0.2, 0.25) is 0 Å². The van der Waals surface area contributed by atoms with E-state index in [9.17, 15) is 14.7 Å². The SMILES string of the molecule is CCOC(=O)[C@H]1C[C@H](O)C[C@@H]1C(=O)NO. The van der Waals surface area contributed by atoms with Crippen molar-refractivity contribution in [2.45, 2.75) is 25.9 Å². The van der Waals surface area contributed by atoms with Crippen molar-refractivity contribution in [1.82, 2.24) is 5.48 Å². The fourth-order valence-corrected chi connectivity index (χ4v) is 1.89. The molecular formula is C9H15NO5. The Balaban J connectivity index is 2.68. The van der Waals surface area contributed by atoms with Crippen LogP contribution in [0.1, 0.15) is 19.8 Å². The highest BCUT2D eigenvalue weighted by atomic mass is 16.5. The number of ether oxygens (including phenoxy) is 1. The summed E-state index contributed by atoms with van der Waals surface area (Å²) in [5, 5.41) is 17.8. The highest BCUT2D eigenvalue weighted by Crippen LogP contribution is 2.33. The van der Waals surface area contributed by atoms with Crippen LogP contribution in [-0.2, 0) is 14.3 Å². The van der Waals surface area contributed by atoms with Gasteiger partial charge in [0.15, 0.2) is 0 Å². The molecule has 0 radical (unpaired) electrons. The summed E-state index contributed by atoms with van der Waals surface area (Å²) < 4.78 is 4.79. The third kappa shape index (κ3) is 2.66. The molecule has 1 amide bonds. The molecule has 0 bridgehead atoms. The fourth-order valence-electron chi connectivity index (χ4n) is 1.89. The first-order valence-corrected chi connectivity index (χ1v) is 4.88. The molecular weight excluding hydrogens is 202 g/mol. The monoisotopic (exact) mass is 217 g/mol. The first-order valence-electron chi connectivity index (χ1n) is 4.88. The number of hydroxylamine groups is 1. The van der Waals surface area contributed by atoms with E-state index in [0.717, 1.165) is 0 Å². The molecule has 0 saturated heterocycles. The van der Waals surface area contributed by atoms with Gasteiger partial charge in [0.2, 0.25) is 5.91 Å². The second-order valence-electron chi connectivity index (χ2n) is 3.57. The molecule has 6 nitrogen and oxygen atoms in total.